The zero-order chi connectivity index (χ0) is 40.4. The molecule has 3 amide bonds. The first-order chi connectivity index (χ1) is 28.2. The number of nitrogens with two attached hydrogens (primary N) is 2. The largest absolute Gasteiger partial charge is 0.477 e. The highest BCUT2D eigenvalue weighted by Gasteiger charge is 2.55. The maximum atomic E-state index is 14.4. The van der Waals surface area contributed by atoms with Gasteiger partial charge in [0, 0.05) is 45.6 Å². The molecule has 5 aromatic rings. The molecule has 58 heavy (non-hydrogen) atoms. The van der Waals surface area contributed by atoms with Gasteiger partial charge in [0.2, 0.25) is 11.5 Å². The highest BCUT2D eigenvalue weighted by molar-refractivity contribution is 8.00. The van der Waals surface area contributed by atoms with Crippen molar-refractivity contribution in [2.45, 2.75) is 29.9 Å². The number of nitrogens with zero attached hydrogens (tertiary/aromatic N) is 3. The number of aliphatic carboxylic acids is 1. The van der Waals surface area contributed by atoms with Crippen LogP contribution in [-0.4, -0.2) is 68.1 Å². The minimum atomic E-state index is -1.33. The van der Waals surface area contributed by atoms with E-state index in [-0.39, 0.29) is 40.3 Å². The van der Waals surface area contributed by atoms with E-state index in [9.17, 15) is 24.3 Å². The van der Waals surface area contributed by atoms with Crippen LogP contribution in [-0.2, 0) is 36.0 Å². The summed E-state index contributed by atoms with van der Waals surface area (Å²) < 4.78 is 0. The molecule has 15 heteroatoms. The van der Waals surface area contributed by atoms with E-state index in [0.717, 1.165) is 33.6 Å². The van der Waals surface area contributed by atoms with Gasteiger partial charge < -0.3 is 32.0 Å². The van der Waals surface area contributed by atoms with E-state index in [4.69, 9.17) is 16.3 Å². The molecule has 3 aliphatic rings. The molecule has 13 nitrogen and oxygen atoms in total. The van der Waals surface area contributed by atoms with Gasteiger partial charge in [0.1, 0.15) is 22.8 Å². The second-order valence-electron chi connectivity index (χ2n) is 13.8. The Morgan fingerprint density at radius 1 is 0.914 bits per heavy atom. The lowest BCUT2D eigenvalue weighted by atomic mass is 9.80. The number of hydrogen-bond donors (Lipinski definition) is 5. The van der Waals surface area contributed by atoms with Crippen molar-refractivity contribution in [1.82, 2.24) is 20.5 Å². The molecule has 0 bridgehead atoms. The number of amides is 3. The molecule has 0 radical (unpaired) electrons. The van der Waals surface area contributed by atoms with Gasteiger partial charge in [-0.1, -0.05) is 108 Å². The number of nitrogens with one attached hydrogen (secondary N) is 2. The number of oxime groups is 1. The smallest absolute Gasteiger partial charge is 0.352 e. The highest BCUT2D eigenvalue weighted by Crippen LogP contribution is 2.44. The normalized spacial score (nSPS) is 18.9. The summed E-state index contributed by atoms with van der Waals surface area (Å²) in [7, 11) is 0. The van der Waals surface area contributed by atoms with Crippen LogP contribution in [0.3, 0.4) is 0 Å². The predicted octanol–water partition coefficient (Wildman–Crippen LogP) is 4.82. The molecular formula is C43H37N7O6S2. The average molecular weight is 812 g/mol. The molecule has 4 heterocycles. The maximum absolute atomic E-state index is 14.4. The Bertz CT molecular complexity index is 2390. The third-order valence-electron chi connectivity index (χ3n) is 10.3. The van der Waals surface area contributed by atoms with Crippen LogP contribution in [0.25, 0.3) is 0 Å². The first-order valence-corrected chi connectivity index (χ1v) is 20.3. The topological polar surface area (TPSA) is 202 Å². The standard InChI is InChI=1S/C43H37N7O6S2/c44-29-18-16-25(17-19-29)22-31(30-20-21-46-37(30)51)32-23-57-40-35(39(53)50(40)36(32)41(54)55)48-38(52)34(33-24-58-42(45)47-33)49-56-43(26-10-4-1-5-11-26,27-12-6-2-7-13-27)28-14-8-3-9-15-28/h1-19,24,35,40H,20-23,44H2,(H2,45,47)(H,46,51)(H,48,52)(H,54,55)/t35-,40-/m1/s1. The fraction of sp³-hybridized carbons (Fsp3) is 0.163. The van der Waals surface area contributed by atoms with Crippen LogP contribution in [0.15, 0.2) is 148 Å². The molecule has 0 unspecified atom stereocenters. The number of anilines is 2. The number of thioether (sulfide) groups is 1. The number of β-lactam (4-membered cyclic amide) rings is 1. The Labute approximate surface area is 341 Å². The van der Waals surface area contributed by atoms with Gasteiger partial charge in [-0.25, -0.2) is 9.78 Å². The van der Waals surface area contributed by atoms with E-state index < -0.39 is 34.8 Å². The van der Waals surface area contributed by atoms with Gasteiger partial charge >= 0.3 is 5.97 Å². The van der Waals surface area contributed by atoms with Gasteiger partial charge in [0.15, 0.2) is 10.8 Å². The number of carbonyl (C=O) groups is 4. The van der Waals surface area contributed by atoms with E-state index >= 15 is 0 Å². The Morgan fingerprint density at radius 2 is 1.52 bits per heavy atom. The van der Waals surface area contributed by atoms with Gasteiger partial charge in [-0.3, -0.25) is 19.3 Å². The molecule has 4 aromatic carbocycles. The maximum Gasteiger partial charge on any atom is 0.352 e. The third kappa shape index (κ3) is 7.09. The van der Waals surface area contributed by atoms with Crippen LogP contribution in [0, 0.1) is 0 Å². The number of allylic oxidation sites excluding steroid dienone is 1. The van der Waals surface area contributed by atoms with E-state index in [1.165, 1.54) is 16.7 Å². The van der Waals surface area contributed by atoms with E-state index in [0.29, 0.717) is 35.4 Å². The van der Waals surface area contributed by atoms with Crippen molar-refractivity contribution >= 4 is 63.3 Å². The van der Waals surface area contributed by atoms with Crippen LogP contribution in [0.1, 0.15) is 34.4 Å². The summed E-state index contributed by atoms with van der Waals surface area (Å²) in [5.74, 6) is -2.82. The van der Waals surface area contributed by atoms with E-state index in [1.807, 2.05) is 103 Å². The Balaban J connectivity index is 1.14. The molecular weight excluding hydrogens is 775 g/mol. The molecule has 8 rings (SSSR count). The number of fused-ring (bicyclic) bond motifs is 1. The second-order valence-corrected chi connectivity index (χ2v) is 15.8. The Morgan fingerprint density at radius 3 is 2.03 bits per heavy atom. The summed E-state index contributed by atoms with van der Waals surface area (Å²) in [5, 5.41) is 21.8. The molecule has 2 fully saturated rings. The van der Waals surface area contributed by atoms with Crippen molar-refractivity contribution in [2.24, 2.45) is 5.16 Å². The zero-order valence-electron chi connectivity index (χ0n) is 30.8. The first kappa shape index (κ1) is 38.2. The summed E-state index contributed by atoms with van der Waals surface area (Å²) in [6.45, 7) is 0.420. The highest BCUT2D eigenvalue weighted by atomic mass is 32.2. The van der Waals surface area contributed by atoms with Gasteiger partial charge in [-0.05, 0) is 41.7 Å². The van der Waals surface area contributed by atoms with Crippen molar-refractivity contribution in [3.05, 3.63) is 171 Å². The summed E-state index contributed by atoms with van der Waals surface area (Å²) in [6, 6.07) is 34.5. The number of nitrogen functional groups attached to an aromatic ring is 2. The summed E-state index contributed by atoms with van der Waals surface area (Å²) in [4.78, 5) is 66.5. The average Bonchev–Trinajstić information content (AvgIpc) is 3.88. The number of aromatic nitrogens is 1. The third-order valence-corrected chi connectivity index (χ3v) is 12.2. The SMILES string of the molecule is Nc1ccc(CC(=C2CCNC2=O)C2=C(C(=O)O)N3C(=O)[C@@H](NC(=O)C(=NOC(c4ccccc4)(c4ccccc4)c4ccccc4)c4csc(N)n4)[C@H]3SC2)cc1. The van der Waals surface area contributed by atoms with Crippen LogP contribution in [0.4, 0.5) is 10.8 Å². The zero-order valence-corrected chi connectivity index (χ0v) is 32.5. The summed E-state index contributed by atoms with van der Waals surface area (Å²) in [5.41, 5.74) is 15.3. The predicted molar refractivity (Wildman–Crippen MR) is 222 cm³/mol. The molecule has 2 atom stereocenters. The number of benzene rings is 4. The van der Waals surface area contributed by atoms with Gasteiger partial charge in [-0.15, -0.1) is 23.1 Å². The van der Waals surface area contributed by atoms with E-state index in [2.05, 4.69) is 20.8 Å². The van der Waals surface area contributed by atoms with Crippen molar-refractivity contribution < 1.29 is 29.1 Å². The number of carbonyl (C=O) groups excluding carboxylic acids is 3. The molecule has 292 valence electrons. The molecule has 0 spiro atoms. The monoisotopic (exact) mass is 811 g/mol. The molecule has 0 saturated carbocycles. The lowest BCUT2D eigenvalue weighted by Crippen LogP contribution is -2.71. The minimum absolute atomic E-state index is 0.130. The van der Waals surface area contributed by atoms with Gasteiger partial charge in [0.25, 0.3) is 11.8 Å². The fourth-order valence-corrected chi connectivity index (χ4v) is 9.43. The number of carboxylic acids is 1. The summed E-state index contributed by atoms with van der Waals surface area (Å²) >= 11 is 2.41. The first-order valence-electron chi connectivity index (χ1n) is 18.4. The van der Waals surface area contributed by atoms with E-state index in [1.54, 1.807) is 17.5 Å². The molecule has 0 aliphatic carbocycles. The number of rotatable bonds is 12. The lowest BCUT2D eigenvalue weighted by molar-refractivity contribution is -0.150. The fourth-order valence-electron chi connectivity index (χ4n) is 7.50. The van der Waals surface area contributed by atoms with Crippen molar-refractivity contribution in [3.8, 4) is 0 Å². The Kier molecular flexibility index (Phi) is 10.6. The lowest BCUT2D eigenvalue weighted by Gasteiger charge is -2.49. The number of thiazole rings is 1. The van der Waals surface area contributed by atoms with Crippen LogP contribution < -0.4 is 22.1 Å². The molecule has 2 saturated heterocycles. The van der Waals surface area contributed by atoms with Gasteiger partial charge in [-0.2, -0.15) is 0 Å². The molecule has 1 aromatic heterocycles. The van der Waals surface area contributed by atoms with Gasteiger partial charge in [0.05, 0.1) is 0 Å². The van der Waals surface area contributed by atoms with Crippen LogP contribution in [0.5, 0.6) is 0 Å². The Hall–Kier alpha value is -6.71. The quantitative estimate of drug-likeness (QED) is 0.0291. The van der Waals surface area contributed by atoms with Crippen molar-refractivity contribution in [3.63, 3.8) is 0 Å². The number of hydrogen-bond acceptors (Lipinski definition) is 11. The van der Waals surface area contributed by atoms with Crippen molar-refractivity contribution in [1.29, 1.82) is 0 Å². The second kappa shape index (κ2) is 16.0. The minimum Gasteiger partial charge on any atom is -0.477 e. The van der Waals surface area contributed by atoms with Crippen LogP contribution >= 0.6 is 23.1 Å². The number of carboxylic acid groups (broad SMARTS) is 1. The van der Waals surface area contributed by atoms with Crippen LogP contribution in [0.2, 0.25) is 0 Å². The molecule has 7 N–H and O–H groups in total. The van der Waals surface area contributed by atoms with Crippen molar-refractivity contribution in [2.75, 3.05) is 23.8 Å². The molecule has 3 aliphatic heterocycles. The summed E-state index contributed by atoms with van der Waals surface area (Å²) in [6.07, 6.45) is 0.668.